The van der Waals surface area contributed by atoms with Crippen molar-refractivity contribution in [2.24, 2.45) is 5.92 Å². The molecule has 2 aromatic rings. The maximum Gasteiger partial charge on any atom is 0.308 e. The summed E-state index contributed by atoms with van der Waals surface area (Å²) in [6.07, 6.45) is 8.70. The first-order valence-electron chi connectivity index (χ1n) is 9.79. The predicted molar refractivity (Wildman–Crippen MR) is 105 cm³/mol. The minimum atomic E-state index is -0.833. The van der Waals surface area contributed by atoms with E-state index in [1.54, 1.807) is 36.7 Å². The maximum atomic E-state index is 12.7. The molecule has 6 nitrogen and oxygen atoms in total. The van der Waals surface area contributed by atoms with Crippen molar-refractivity contribution in [1.29, 1.82) is 0 Å². The summed E-state index contributed by atoms with van der Waals surface area (Å²) < 4.78 is 5.75. The normalized spacial score (nSPS) is 19.9. The highest BCUT2D eigenvalue weighted by Crippen LogP contribution is 2.24. The Kier molecular flexibility index (Phi) is 7.00. The van der Waals surface area contributed by atoms with Crippen LogP contribution in [-0.4, -0.2) is 28.0 Å². The van der Waals surface area contributed by atoms with Crippen molar-refractivity contribution in [2.45, 2.75) is 51.2 Å². The third-order valence-electron chi connectivity index (χ3n) is 5.12. The molecule has 2 atom stereocenters. The third-order valence-corrected chi connectivity index (χ3v) is 5.12. The molecule has 1 aliphatic carbocycles. The van der Waals surface area contributed by atoms with Gasteiger partial charge in [0.05, 0.1) is 5.92 Å². The van der Waals surface area contributed by atoms with Crippen LogP contribution in [0.4, 0.5) is 0 Å². The van der Waals surface area contributed by atoms with Crippen molar-refractivity contribution in [3.05, 3.63) is 59.9 Å². The van der Waals surface area contributed by atoms with Gasteiger partial charge >= 0.3 is 5.97 Å². The number of pyridine rings is 1. The lowest BCUT2D eigenvalue weighted by Crippen LogP contribution is -2.43. The molecule has 28 heavy (non-hydrogen) atoms. The number of hydrogen-bond donors (Lipinski definition) is 2. The summed E-state index contributed by atoms with van der Waals surface area (Å²) in [6, 6.07) is 10.4. The number of carboxylic acids is 1. The zero-order valence-corrected chi connectivity index (χ0v) is 15.8. The highest BCUT2D eigenvalue weighted by molar-refractivity contribution is 5.95. The molecule has 148 valence electrons. The summed E-state index contributed by atoms with van der Waals surface area (Å²) in [5.41, 5.74) is 1.41. The van der Waals surface area contributed by atoms with Gasteiger partial charge in [-0.3, -0.25) is 14.6 Å². The van der Waals surface area contributed by atoms with Crippen LogP contribution in [0.2, 0.25) is 0 Å². The molecular formula is C22H26N2O4. The molecule has 0 radical (unpaired) electrons. The van der Waals surface area contributed by atoms with Crippen LogP contribution in [0.25, 0.3) is 0 Å². The average molecular weight is 382 g/mol. The fourth-order valence-corrected chi connectivity index (χ4v) is 3.58. The van der Waals surface area contributed by atoms with E-state index in [2.05, 4.69) is 10.3 Å². The van der Waals surface area contributed by atoms with Gasteiger partial charge in [-0.15, -0.1) is 0 Å². The minimum Gasteiger partial charge on any atom is -0.489 e. The second-order valence-corrected chi connectivity index (χ2v) is 7.19. The number of amides is 1. The minimum absolute atomic E-state index is 0.261. The number of aliphatic carboxylic acids is 1. The highest BCUT2D eigenvalue weighted by Gasteiger charge is 2.30. The van der Waals surface area contributed by atoms with E-state index in [-0.39, 0.29) is 11.9 Å². The fourth-order valence-electron chi connectivity index (χ4n) is 3.58. The number of aromatic nitrogens is 1. The third kappa shape index (κ3) is 5.55. The number of ether oxygens (including phenoxy) is 1. The van der Waals surface area contributed by atoms with Gasteiger partial charge in [0.2, 0.25) is 0 Å². The molecular weight excluding hydrogens is 356 g/mol. The van der Waals surface area contributed by atoms with Gasteiger partial charge in [-0.25, -0.2) is 0 Å². The smallest absolute Gasteiger partial charge is 0.308 e. The number of carbonyl (C=O) groups excluding carboxylic acids is 1. The molecule has 1 aromatic carbocycles. The SMILES string of the molecule is O=C(NC1CCCCCCC1C(=O)O)c1cccc(OCc2cccnc2)c1. The van der Waals surface area contributed by atoms with Crippen LogP contribution < -0.4 is 10.1 Å². The van der Waals surface area contributed by atoms with Crippen LogP contribution in [-0.2, 0) is 11.4 Å². The molecule has 6 heteroatoms. The van der Waals surface area contributed by atoms with E-state index in [9.17, 15) is 14.7 Å². The largest absolute Gasteiger partial charge is 0.489 e. The zero-order valence-electron chi connectivity index (χ0n) is 15.8. The topological polar surface area (TPSA) is 88.5 Å². The fraction of sp³-hybridized carbons (Fsp3) is 0.409. The van der Waals surface area contributed by atoms with Crippen LogP contribution in [0, 0.1) is 5.92 Å². The van der Waals surface area contributed by atoms with E-state index in [4.69, 9.17) is 4.74 Å². The van der Waals surface area contributed by atoms with Crippen molar-refractivity contribution >= 4 is 11.9 Å². The summed E-state index contributed by atoms with van der Waals surface area (Å²) in [5.74, 6) is -1.04. The summed E-state index contributed by atoms with van der Waals surface area (Å²) in [7, 11) is 0. The Morgan fingerprint density at radius 2 is 1.93 bits per heavy atom. The Morgan fingerprint density at radius 1 is 1.11 bits per heavy atom. The first-order chi connectivity index (χ1) is 13.6. The lowest BCUT2D eigenvalue weighted by atomic mass is 9.86. The van der Waals surface area contributed by atoms with E-state index in [0.29, 0.717) is 30.8 Å². The number of rotatable bonds is 6. The Morgan fingerprint density at radius 3 is 2.68 bits per heavy atom. The Hall–Kier alpha value is -2.89. The Labute approximate surface area is 164 Å². The van der Waals surface area contributed by atoms with E-state index in [1.807, 2.05) is 12.1 Å². The van der Waals surface area contributed by atoms with Crippen LogP contribution in [0.3, 0.4) is 0 Å². The zero-order chi connectivity index (χ0) is 19.8. The first kappa shape index (κ1) is 19.9. The Balaban J connectivity index is 1.65. The molecule has 1 heterocycles. The number of hydrogen-bond acceptors (Lipinski definition) is 4. The molecule has 0 saturated heterocycles. The van der Waals surface area contributed by atoms with Gasteiger partial charge in [-0.1, -0.05) is 37.8 Å². The summed E-state index contributed by atoms with van der Waals surface area (Å²) in [4.78, 5) is 28.4. The second kappa shape index (κ2) is 9.88. The average Bonchev–Trinajstić information content (AvgIpc) is 2.69. The van der Waals surface area contributed by atoms with Crippen molar-refractivity contribution < 1.29 is 19.4 Å². The van der Waals surface area contributed by atoms with Gasteiger partial charge in [0.1, 0.15) is 12.4 Å². The molecule has 1 amide bonds. The van der Waals surface area contributed by atoms with Gasteiger partial charge < -0.3 is 15.2 Å². The van der Waals surface area contributed by atoms with E-state index in [0.717, 1.165) is 31.2 Å². The highest BCUT2D eigenvalue weighted by atomic mass is 16.5. The van der Waals surface area contributed by atoms with Gasteiger partial charge in [0.15, 0.2) is 0 Å². The molecule has 0 aliphatic heterocycles. The monoisotopic (exact) mass is 382 g/mol. The molecule has 1 saturated carbocycles. The lowest BCUT2D eigenvalue weighted by molar-refractivity contribution is -0.143. The molecule has 1 aliphatic rings. The molecule has 1 fully saturated rings. The number of benzene rings is 1. The number of carbonyl (C=O) groups is 2. The molecule has 3 rings (SSSR count). The van der Waals surface area contributed by atoms with Crippen molar-refractivity contribution in [3.8, 4) is 5.75 Å². The lowest BCUT2D eigenvalue weighted by Gasteiger charge is -2.27. The van der Waals surface area contributed by atoms with Crippen molar-refractivity contribution in [1.82, 2.24) is 10.3 Å². The second-order valence-electron chi connectivity index (χ2n) is 7.19. The van der Waals surface area contributed by atoms with E-state index >= 15 is 0 Å². The molecule has 2 N–H and O–H groups in total. The van der Waals surface area contributed by atoms with E-state index in [1.165, 1.54) is 0 Å². The maximum absolute atomic E-state index is 12.7. The molecule has 0 spiro atoms. The van der Waals surface area contributed by atoms with E-state index < -0.39 is 11.9 Å². The summed E-state index contributed by atoms with van der Waals surface area (Å²) in [5, 5.41) is 12.5. The van der Waals surface area contributed by atoms with Gasteiger partial charge in [-0.2, -0.15) is 0 Å². The van der Waals surface area contributed by atoms with Crippen LogP contribution in [0.15, 0.2) is 48.8 Å². The number of nitrogens with one attached hydrogen (secondary N) is 1. The molecule has 0 bridgehead atoms. The molecule has 2 unspecified atom stereocenters. The van der Waals surface area contributed by atoms with Gasteiger partial charge in [0, 0.05) is 29.6 Å². The number of nitrogens with zero attached hydrogens (tertiary/aromatic N) is 1. The number of carboxylic acid groups (broad SMARTS) is 1. The predicted octanol–water partition coefficient (Wildman–Crippen LogP) is 3.81. The molecule has 1 aromatic heterocycles. The summed E-state index contributed by atoms with van der Waals surface area (Å²) >= 11 is 0. The summed E-state index contributed by atoms with van der Waals surface area (Å²) in [6.45, 7) is 0.364. The Bertz CT molecular complexity index is 794. The quantitative estimate of drug-likeness (QED) is 0.793. The van der Waals surface area contributed by atoms with Gasteiger partial charge in [-0.05, 0) is 37.1 Å². The van der Waals surface area contributed by atoms with Gasteiger partial charge in [0.25, 0.3) is 5.91 Å². The van der Waals surface area contributed by atoms with Crippen LogP contribution in [0.1, 0.15) is 54.4 Å². The van der Waals surface area contributed by atoms with Crippen molar-refractivity contribution in [2.75, 3.05) is 0 Å². The van der Waals surface area contributed by atoms with Crippen LogP contribution >= 0.6 is 0 Å². The standard InChI is InChI=1S/C22H26N2O4/c25-21(24-20-11-4-2-1-3-10-19(20)22(26)27)17-8-5-9-18(13-17)28-15-16-7-6-12-23-14-16/h5-9,12-14,19-20H,1-4,10-11,15H2,(H,24,25)(H,26,27). The van der Waals surface area contributed by atoms with Crippen LogP contribution in [0.5, 0.6) is 5.75 Å². The van der Waals surface area contributed by atoms with Crippen molar-refractivity contribution in [3.63, 3.8) is 0 Å². The first-order valence-corrected chi connectivity index (χ1v) is 9.79.